The fraction of sp³-hybridized carbons (Fsp3) is 0.400. The molecule has 3 rings (SSSR count). The Kier molecular flexibility index (Phi) is 3.32. The lowest BCUT2D eigenvalue weighted by atomic mass is 10.1. The molecule has 19 heavy (non-hydrogen) atoms. The van der Waals surface area contributed by atoms with E-state index < -0.39 is 11.6 Å². The largest absolute Gasteiger partial charge is 0.371 e. The molecule has 2 aromatic rings. The Balaban J connectivity index is 2.15. The Hall–Kier alpha value is -1.71. The molecule has 0 saturated carbocycles. The van der Waals surface area contributed by atoms with Gasteiger partial charge in [-0.3, -0.25) is 4.98 Å². The highest BCUT2D eigenvalue weighted by Gasteiger charge is 2.17. The van der Waals surface area contributed by atoms with Gasteiger partial charge in [-0.1, -0.05) is 12.8 Å². The molecule has 100 valence electrons. The predicted molar refractivity (Wildman–Crippen MR) is 72.3 cm³/mol. The van der Waals surface area contributed by atoms with E-state index in [2.05, 4.69) is 9.88 Å². The van der Waals surface area contributed by atoms with E-state index in [9.17, 15) is 8.78 Å². The summed E-state index contributed by atoms with van der Waals surface area (Å²) in [7, 11) is 0. The molecule has 1 aliphatic rings. The summed E-state index contributed by atoms with van der Waals surface area (Å²) in [6.07, 6.45) is 6.17. The number of benzene rings is 1. The first kappa shape index (κ1) is 12.3. The molecule has 2 heterocycles. The number of pyridine rings is 1. The zero-order chi connectivity index (χ0) is 13.2. The maximum atomic E-state index is 14.0. The molecule has 0 amide bonds. The van der Waals surface area contributed by atoms with Gasteiger partial charge in [0, 0.05) is 19.3 Å². The number of hydrogen-bond acceptors (Lipinski definition) is 2. The minimum Gasteiger partial charge on any atom is -0.371 e. The summed E-state index contributed by atoms with van der Waals surface area (Å²) in [4.78, 5) is 6.13. The molecule has 1 fully saturated rings. The molecule has 0 aliphatic carbocycles. The molecule has 1 aliphatic heterocycles. The Morgan fingerprint density at radius 3 is 2.32 bits per heavy atom. The number of rotatable bonds is 1. The van der Waals surface area contributed by atoms with E-state index in [1.165, 1.54) is 18.9 Å². The fourth-order valence-corrected chi connectivity index (χ4v) is 2.75. The number of hydrogen-bond donors (Lipinski definition) is 0. The molecule has 2 nitrogen and oxygen atoms in total. The van der Waals surface area contributed by atoms with Gasteiger partial charge in [0.25, 0.3) is 0 Å². The van der Waals surface area contributed by atoms with Crippen LogP contribution in [0, 0.1) is 11.6 Å². The molecule has 0 atom stereocenters. The monoisotopic (exact) mass is 262 g/mol. The van der Waals surface area contributed by atoms with E-state index in [0.29, 0.717) is 5.39 Å². The van der Waals surface area contributed by atoms with Crippen molar-refractivity contribution in [3.63, 3.8) is 0 Å². The van der Waals surface area contributed by atoms with E-state index in [1.54, 1.807) is 12.3 Å². The minimum absolute atomic E-state index is 0.127. The van der Waals surface area contributed by atoms with Gasteiger partial charge in [-0.2, -0.15) is 0 Å². The highest BCUT2D eigenvalue weighted by atomic mass is 19.1. The second-order valence-corrected chi connectivity index (χ2v) is 4.98. The van der Waals surface area contributed by atoms with Crippen molar-refractivity contribution in [2.75, 3.05) is 18.0 Å². The van der Waals surface area contributed by atoms with Crippen molar-refractivity contribution >= 4 is 16.6 Å². The van der Waals surface area contributed by atoms with Crippen molar-refractivity contribution < 1.29 is 8.78 Å². The van der Waals surface area contributed by atoms with Gasteiger partial charge in [-0.25, -0.2) is 8.78 Å². The van der Waals surface area contributed by atoms with E-state index in [1.807, 2.05) is 0 Å². The van der Waals surface area contributed by atoms with Gasteiger partial charge in [-0.05, 0) is 31.0 Å². The summed E-state index contributed by atoms with van der Waals surface area (Å²) in [6.45, 7) is 1.80. The fourth-order valence-electron chi connectivity index (χ4n) is 2.75. The van der Waals surface area contributed by atoms with Crippen molar-refractivity contribution in [1.29, 1.82) is 0 Å². The zero-order valence-electron chi connectivity index (χ0n) is 10.7. The van der Waals surface area contributed by atoms with E-state index in [0.717, 1.165) is 37.7 Å². The van der Waals surface area contributed by atoms with Gasteiger partial charge in [0.05, 0.1) is 11.1 Å². The van der Waals surface area contributed by atoms with Crippen LogP contribution in [0.25, 0.3) is 10.9 Å². The molecule has 0 bridgehead atoms. The van der Waals surface area contributed by atoms with Crippen molar-refractivity contribution in [2.24, 2.45) is 0 Å². The van der Waals surface area contributed by atoms with Gasteiger partial charge in [0.2, 0.25) is 0 Å². The Morgan fingerprint density at radius 1 is 0.895 bits per heavy atom. The van der Waals surface area contributed by atoms with Gasteiger partial charge in [-0.15, -0.1) is 0 Å². The highest BCUT2D eigenvalue weighted by molar-refractivity contribution is 5.92. The van der Waals surface area contributed by atoms with Crippen LogP contribution in [0.2, 0.25) is 0 Å². The standard InChI is InChI=1S/C15H16F2N2/c16-11-5-6-12(17)15-14(11)13(7-8-18-15)19-9-3-1-2-4-10-19/h5-8H,1-4,9-10H2. The van der Waals surface area contributed by atoms with Crippen LogP contribution in [0.3, 0.4) is 0 Å². The van der Waals surface area contributed by atoms with Crippen LogP contribution in [-0.4, -0.2) is 18.1 Å². The first-order chi connectivity index (χ1) is 9.27. The molecule has 0 spiro atoms. The summed E-state index contributed by atoms with van der Waals surface area (Å²) in [5.41, 5.74) is 0.894. The average Bonchev–Trinajstić information content (AvgIpc) is 2.71. The zero-order valence-corrected chi connectivity index (χ0v) is 10.7. The SMILES string of the molecule is Fc1ccc(F)c2c(N3CCCCCC3)ccnc12. The topological polar surface area (TPSA) is 16.1 Å². The lowest BCUT2D eigenvalue weighted by molar-refractivity contribution is 0.614. The van der Waals surface area contributed by atoms with Crippen molar-refractivity contribution in [1.82, 2.24) is 4.98 Å². The van der Waals surface area contributed by atoms with Crippen LogP contribution in [0.4, 0.5) is 14.5 Å². The first-order valence-corrected chi connectivity index (χ1v) is 6.75. The second kappa shape index (κ2) is 5.11. The van der Waals surface area contributed by atoms with Crippen LogP contribution in [0.5, 0.6) is 0 Å². The third-order valence-corrected chi connectivity index (χ3v) is 3.72. The van der Waals surface area contributed by atoms with Crippen LogP contribution in [-0.2, 0) is 0 Å². The first-order valence-electron chi connectivity index (χ1n) is 6.75. The van der Waals surface area contributed by atoms with Gasteiger partial charge in [0.1, 0.15) is 17.2 Å². The minimum atomic E-state index is -0.465. The van der Waals surface area contributed by atoms with Crippen molar-refractivity contribution in [3.05, 3.63) is 36.0 Å². The normalized spacial score (nSPS) is 16.6. The Labute approximate surface area is 111 Å². The third-order valence-electron chi connectivity index (χ3n) is 3.72. The van der Waals surface area contributed by atoms with Gasteiger partial charge >= 0.3 is 0 Å². The molecule has 1 aromatic carbocycles. The number of halogens is 2. The predicted octanol–water partition coefficient (Wildman–Crippen LogP) is 3.89. The molecule has 1 saturated heterocycles. The maximum Gasteiger partial charge on any atom is 0.149 e. The summed E-state index contributed by atoms with van der Waals surface area (Å²) in [5, 5.41) is 0.310. The smallest absolute Gasteiger partial charge is 0.149 e. The number of anilines is 1. The van der Waals surface area contributed by atoms with Crippen molar-refractivity contribution in [2.45, 2.75) is 25.7 Å². The summed E-state index contributed by atoms with van der Waals surface area (Å²) < 4.78 is 27.8. The average molecular weight is 262 g/mol. The Bertz CT molecular complexity index is 590. The van der Waals surface area contributed by atoms with Crippen LogP contribution < -0.4 is 4.90 Å². The van der Waals surface area contributed by atoms with Crippen LogP contribution in [0.15, 0.2) is 24.4 Å². The molecule has 1 aromatic heterocycles. The van der Waals surface area contributed by atoms with Gasteiger partial charge < -0.3 is 4.90 Å². The second-order valence-electron chi connectivity index (χ2n) is 4.98. The number of aromatic nitrogens is 1. The van der Waals surface area contributed by atoms with E-state index in [-0.39, 0.29) is 5.52 Å². The molecular formula is C15H16F2N2. The molecule has 0 radical (unpaired) electrons. The van der Waals surface area contributed by atoms with Gasteiger partial charge in [0.15, 0.2) is 0 Å². The summed E-state index contributed by atoms with van der Waals surface area (Å²) >= 11 is 0. The van der Waals surface area contributed by atoms with Crippen LogP contribution in [0.1, 0.15) is 25.7 Å². The molecule has 0 N–H and O–H groups in total. The summed E-state index contributed by atoms with van der Waals surface area (Å²) in [6, 6.07) is 4.10. The third kappa shape index (κ3) is 2.27. The molecule has 0 unspecified atom stereocenters. The molecule has 4 heteroatoms. The highest BCUT2D eigenvalue weighted by Crippen LogP contribution is 2.30. The van der Waals surface area contributed by atoms with E-state index >= 15 is 0 Å². The lowest BCUT2D eigenvalue weighted by Gasteiger charge is -2.24. The van der Waals surface area contributed by atoms with Crippen molar-refractivity contribution in [3.8, 4) is 0 Å². The van der Waals surface area contributed by atoms with Crippen LogP contribution >= 0.6 is 0 Å². The summed E-state index contributed by atoms with van der Waals surface area (Å²) in [5.74, 6) is -0.864. The lowest BCUT2D eigenvalue weighted by Crippen LogP contribution is -2.24. The maximum absolute atomic E-state index is 14.0. The van der Waals surface area contributed by atoms with E-state index in [4.69, 9.17) is 0 Å². The molecular weight excluding hydrogens is 246 g/mol. The number of nitrogens with zero attached hydrogens (tertiary/aromatic N) is 2. The Morgan fingerprint density at radius 2 is 1.58 bits per heavy atom. The quantitative estimate of drug-likeness (QED) is 0.775. The number of fused-ring (bicyclic) bond motifs is 1.